The summed E-state index contributed by atoms with van der Waals surface area (Å²) in [5, 5.41) is 29.8. The highest BCUT2D eigenvalue weighted by atomic mass is 16.5. The van der Waals surface area contributed by atoms with Crippen LogP contribution >= 0.6 is 0 Å². The maximum Gasteiger partial charge on any atom is 0.205 e. The van der Waals surface area contributed by atoms with Gasteiger partial charge in [0.2, 0.25) is 5.88 Å². The number of hydrogen-bond acceptors (Lipinski definition) is 7. The second-order valence-corrected chi connectivity index (χ2v) is 7.62. The maximum atomic E-state index is 10.4. The quantitative estimate of drug-likeness (QED) is 0.698. The lowest BCUT2D eigenvalue weighted by Crippen LogP contribution is -2.33. The Morgan fingerprint density at radius 1 is 1.13 bits per heavy atom. The Kier molecular flexibility index (Phi) is 5.68. The van der Waals surface area contributed by atoms with E-state index in [1.54, 1.807) is 0 Å². The Balaban J connectivity index is 1.54. The molecular weight excluding hydrogens is 382 g/mol. The van der Waals surface area contributed by atoms with Crippen molar-refractivity contribution in [2.24, 2.45) is 5.73 Å². The number of fused-ring (bicyclic) bond motifs is 1. The number of nitrogens with two attached hydrogens (primary N) is 1. The highest BCUT2D eigenvalue weighted by Gasteiger charge is 2.33. The summed E-state index contributed by atoms with van der Waals surface area (Å²) in [7, 11) is 0. The number of hydrogen-bond donors (Lipinski definition) is 3. The van der Waals surface area contributed by atoms with E-state index in [9.17, 15) is 15.5 Å². The highest BCUT2D eigenvalue weighted by Crippen LogP contribution is 2.48. The van der Waals surface area contributed by atoms with Gasteiger partial charge in [0.25, 0.3) is 0 Å². The van der Waals surface area contributed by atoms with Crippen molar-refractivity contribution in [2.45, 2.75) is 25.2 Å². The van der Waals surface area contributed by atoms with Crippen LogP contribution in [-0.2, 0) is 0 Å². The van der Waals surface area contributed by atoms with E-state index in [0.717, 1.165) is 30.9 Å². The number of nitrogens with zero attached hydrogens (tertiary/aromatic N) is 2. The van der Waals surface area contributed by atoms with E-state index in [0.29, 0.717) is 12.2 Å². The molecule has 0 radical (unpaired) electrons. The van der Waals surface area contributed by atoms with Crippen LogP contribution in [0.1, 0.15) is 36.3 Å². The smallest absolute Gasteiger partial charge is 0.205 e. The molecule has 2 aliphatic rings. The van der Waals surface area contributed by atoms with Gasteiger partial charge in [0.15, 0.2) is 0 Å². The van der Waals surface area contributed by atoms with E-state index in [2.05, 4.69) is 11.0 Å². The molecular formula is C23H25N3O4. The van der Waals surface area contributed by atoms with Gasteiger partial charge in [-0.3, -0.25) is 4.90 Å². The van der Waals surface area contributed by atoms with Crippen molar-refractivity contribution in [1.29, 1.82) is 5.26 Å². The fraction of sp³-hybridized carbons (Fsp3) is 0.348. The summed E-state index contributed by atoms with van der Waals surface area (Å²) >= 11 is 0. The van der Waals surface area contributed by atoms with Gasteiger partial charge in [0.1, 0.15) is 41.2 Å². The third kappa shape index (κ3) is 4.00. The van der Waals surface area contributed by atoms with E-state index in [1.807, 2.05) is 24.3 Å². The summed E-state index contributed by atoms with van der Waals surface area (Å²) in [6.45, 7) is 3.80. The van der Waals surface area contributed by atoms with Crippen LogP contribution in [0.4, 0.5) is 0 Å². The summed E-state index contributed by atoms with van der Waals surface area (Å²) in [5.41, 5.74) is 7.32. The molecule has 7 nitrogen and oxygen atoms in total. The number of rotatable bonds is 5. The van der Waals surface area contributed by atoms with Gasteiger partial charge in [0, 0.05) is 24.2 Å². The van der Waals surface area contributed by atoms with Crippen molar-refractivity contribution in [3.8, 4) is 29.1 Å². The lowest BCUT2D eigenvalue weighted by molar-refractivity contribution is 0.183. The third-order valence-corrected chi connectivity index (χ3v) is 5.63. The second kappa shape index (κ2) is 8.56. The molecule has 2 heterocycles. The summed E-state index contributed by atoms with van der Waals surface area (Å²) < 4.78 is 11.4. The Morgan fingerprint density at radius 2 is 1.87 bits per heavy atom. The summed E-state index contributed by atoms with van der Waals surface area (Å²) in [5.74, 6) is 0.0423. The molecule has 0 amide bonds. The molecule has 4 rings (SSSR count). The zero-order chi connectivity index (χ0) is 21.1. The van der Waals surface area contributed by atoms with E-state index >= 15 is 0 Å². The van der Waals surface area contributed by atoms with Crippen molar-refractivity contribution in [3.05, 3.63) is 59.0 Å². The fourth-order valence-corrected chi connectivity index (χ4v) is 4.12. The van der Waals surface area contributed by atoms with Gasteiger partial charge >= 0.3 is 0 Å². The van der Waals surface area contributed by atoms with E-state index < -0.39 is 5.92 Å². The molecule has 0 spiro atoms. The normalized spacial score (nSPS) is 19.0. The average molecular weight is 407 g/mol. The minimum atomic E-state index is -0.596. The number of phenolic OH excluding ortho intramolecular Hbond substituents is 2. The van der Waals surface area contributed by atoms with Crippen molar-refractivity contribution >= 4 is 0 Å². The maximum absolute atomic E-state index is 10.4. The molecule has 2 aromatic rings. The molecule has 156 valence electrons. The Bertz CT molecular complexity index is 989. The van der Waals surface area contributed by atoms with Crippen LogP contribution < -0.4 is 15.2 Å². The summed E-state index contributed by atoms with van der Waals surface area (Å²) in [6, 6.07) is 12.1. The number of aromatic hydroxyl groups is 2. The number of nitriles is 1. The van der Waals surface area contributed by atoms with Crippen molar-refractivity contribution in [3.63, 3.8) is 0 Å². The molecule has 0 saturated carbocycles. The first-order valence-corrected chi connectivity index (χ1v) is 10.2. The van der Waals surface area contributed by atoms with Crippen LogP contribution in [0.2, 0.25) is 0 Å². The molecule has 0 aliphatic carbocycles. The number of phenols is 2. The molecule has 0 aromatic heterocycles. The lowest BCUT2D eigenvalue weighted by atomic mass is 9.83. The first kappa shape index (κ1) is 19.9. The monoisotopic (exact) mass is 407 g/mol. The van der Waals surface area contributed by atoms with Crippen LogP contribution in [0.25, 0.3) is 0 Å². The first-order valence-electron chi connectivity index (χ1n) is 10.2. The van der Waals surface area contributed by atoms with Crippen LogP contribution in [-0.4, -0.2) is 41.4 Å². The summed E-state index contributed by atoms with van der Waals surface area (Å²) in [6.07, 6.45) is 3.82. The number of piperidine rings is 1. The lowest BCUT2D eigenvalue weighted by Gasteiger charge is -2.27. The zero-order valence-corrected chi connectivity index (χ0v) is 16.7. The van der Waals surface area contributed by atoms with Crippen LogP contribution in [0.5, 0.6) is 23.0 Å². The van der Waals surface area contributed by atoms with Crippen LogP contribution in [0.3, 0.4) is 0 Å². The van der Waals surface area contributed by atoms with E-state index in [1.165, 1.54) is 31.4 Å². The average Bonchev–Trinajstić information content (AvgIpc) is 2.74. The molecule has 7 heteroatoms. The number of benzene rings is 2. The summed E-state index contributed by atoms with van der Waals surface area (Å²) in [4.78, 5) is 2.42. The van der Waals surface area contributed by atoms with Gasteiger partial charge in [-0.2, -0.15) is 5.26 Å². The molecule has 1 fully saturated rings. The molecule has 1 unspecified atom stereocenters. The highest BCUT2D eigenvalue weighted by molar-refractivity contribution is 5.62. The van der Waals surface area contributed by atoms with Gasteiger partial charge in [-0.25, -0.2) is 0 Å². The molecule has 2 aromatic carbocycles. The Labute approximate surface area is 175 Å². The van der Waals surface area contributed by atoms with Gasteiger partial charge in [0.05, 0.1) is 5.92 Å². The molecule has 4 N–H and O–H groups in total. The van der Waals surface area contributed by atoms with Crippen LogP contribution in [0.15, 0.2) is 47.9 Å². The Hall–Kier alpha value is -3.37. The fourth-order valence-electron chi connectivity index (χ4n) is 4.12. The second-order valence-electron chi connectivity index (χ2n) is 7.62. The third-order valence-electron chi connectivity index (χ3n) is 5.63. The SMILES string of the molecule is N#CC1=C(N)Oc2cc(O)cc(O)c2C1c1ccc(OCCN2CCCCC2)cc1. The van der Waals surface area contributed by atoms with Crippen molar-refractivity contribution in [1.82, 2.24) is 4.90 Å². The molecule has 1 atom stereocenters. The van der Waals surface area contributed by atoms with Crippen molar-refractivity contribution < 1.29 is 19.7 Å². The zero-order valence-electron chi connectivity index (χ0n) is 16.7. The molecule has 30 heavy (non-hydrogen) atoms. The topological polar surface area (TPSA) is 112 Å². The molecule has 1 saturated heterocycles. The standard InChI is InChI=1S/C23H25N3O4/c24-14-18-21(22-19(28)12-16(27)13-20(22)30-23(18)25)15-4-6-17(7-5-15)29-11-10-26-8-2-1-3-9-26/h4-7,12-13,21,27-28H,1-3,8-11,25H2. The first-order chi connectivity index (χ1) is 14.6. The van der Waals surface area contributed by atoms with Gasteiger partial charge < -0.3 is 25.4 Å². The number of likely N-dealkylation sites (tertiary alicyclic amines) is 1. The van der Waals surface area contributed by atoms with Gasteiger partial charge in [-0.05, 0) is 43.6 Å². The van der Waals surface area contributed by atoms with Crippen LogP contribution in [0, 0.1) is 11.3 Å². The minimum Gasteiger partial charge on any atom is -0.508 e. The largest absolute Gasteiger partial charge is 0.508 e. The van der Waals surface area contributed by atoms with E-state index in [-0.39, 0.29) is 28.7 Å². The van der Waals surface area contributed by atoms with E-state index in [4.69, 9.17) is 15.2 Å². The molecule has 2 aliphatic heterocycles. The van der Waals surface area contributed by atoms with Gasteiger partial charge in [-0.1, -0.05) is 18.6 Å². The number of allylic oxidation sites excluding steroid dienone is 1. The minimum absolute atomic E-state index is 0.0399. The predicted octanol–water partition coefficient (Wildman–Crippen LogP) is 3.18. The van der Waals surface area contributed by atoms with Gasteiger partial charge in [-0.15, -0.1) is 0 Å². The van der Waals surface area contributed by atoms with Crippen molar-refractivity contribution in [2.75, 3.05) is 26.2 Å². The molecule has 0 bridgehead atoms. The predicted molar refractivity (Wildman–Crippen MR) is 111 cm³/mol. The number of ether oxygens (including phenoxy) is 2. The Morgan fingerprint density at radius 3 is 2.57 bits per heavy atom.